The summed E-state index contributed by atoms with van der Waals surface area (Å²) in [5.74, 6) is 1.49. The Morgan fingerprint density at radius 3 is 2.15 bits per heavy atom. The van der Waals surface area contributed by atoms with E-state index in [2.05, 4.69) is 27.7 Å². The molecule has 2 radical (unpaired) electrons. The molecule has 0 amide bonds. The number of unbranched alkanes of at least 4 members (excludes halogenated alkanes) is 4. The Morgan fingerprint density at radius 1 is 1.00 bits per heavy atom. The van der Waals surface area contributed by atoms with Crippen molar-refractivity contribution in [2.45, 2.75) is 58.8 Å². The van der Waals surface area contributed by atoms with Crippen molar-refractivity contribution in [3.05, 3.63) is 13.8 Å². The maximum Gasteiger partial charge on any atom is -0.0412 e. The maximum absolute atomic E-state index is 4.18. The first-order valence-corrected chi connectivity index (χ1v) is 5.79. The lowest BCUT2D eigenvalue weighted by molar-refractivity contribution is 0.429. The second-order valence-electron chi connectivity index (χ2n) is 4.55. The standard InChI is InChI=1S/C13H26/c1-5-6-7-8-9-10-13(4)11-12(2)3/h12-13H,1,4-11H2,2-3H3. The second-order valence-corrected chi connectivity index (χ2v) is 4.55. The smallest absolute Gasteiger partial charge is 0.0412 e. The van der Waals surface area contributed by atoms with Gasteiger partial charge in [0.1, 0.15) is 0 Å². The summed E-state index contributed by atoms with van der Waals surface area (Å²) >= 11 is 0. The van der Waals surface area contributed by atoms with Crippen LogP contribution in [-0.4, -0.2) is 0 Å². The molecule has 1 unspecified atom stereocenters. The zero-order valence-electron chi connectivity index (χ0n) is 9.52. The molecule has 0 rings (SSSR count). The first kappa shape index (κ1) is 13.0. The molecule has 13 heavy (non-hydrogen) atoms. The molecule has 0 bridgehead atoms. The predicted molar refractivity (Wildman–Crippen MR) is 61.4 cm³/mol. The second kappa shape index (κ2) is 8.59. The zero-order valence-corrected chi connectivity index (χ0v) is 9.52. The van der Waals surface area contributed by atoms with Crippen LogP contribution >= 0.6 is 0 Å². The van der Waals surface area contributed by atoms with Crippen molar-refractivity contribution < 1.29 is 0 Å². The van der Waals surface area contributed by atoms with Crippen molar-refractivity contribution in [2.75, 3.05) is 0 Å². The monoisotopic (exact) mass is 182 g/mol. The van der Waals surface area contributed by atoms with Crippen LogP contribution in [0.5, 0.6) is 0 Å². The molecular formula is C13H26. The Hall–Kier alpha value is 0. The van der Waals surface area contributed by atoms with E-state index in [-0.39, 0.29) is 0 Å². The number of hydrogen-bond acceptors (Lipinski definition) is 0. The van der Waals surface area contributed by atoms with Crippen LogP contribution in [0.4, 0.5) is 0 Å². The quantitative estimate of drug-likeness (QED) is 0.479. The van der Waals surface area contributed by atoms with Crippen LogP contribution in [0.2, 0.25) is 0 Å². The van der Waals surface area contributed by atoms with E-state index in [9.17, 15) is 0 Å². The fraction of sp³-hybridized carbons (Fsp3) is 0.846. The molecular weight excluding hydrogens is 156 g/mol. The average molecular weight is 182 g/mol. The van der Waals surface area contributed by atoms with Gasteiger partial charge in [-0.3, -0.25) is 0 Å². The Labute approximate surface area is 85.1 Å². The molecule has 0 aromatic rings. The molecule has 0 heteroatoms. The summed E-state index contributed by atoms with van der Waals surface area (Å²) in [4.78, 5) is 0. The maximum atomic E-state index is 4.18. The molecule has 0 heterocycles. The fourth-order valence-electron chi connectivity index (χ4n) is 1.75. The summed E-state index contributed by atoms with van der Waals surface area (Å²) in [5, 5.41) is 0. The Morgan fingerprint density at radius 2 is 1.62 bits per heavy atom. The van der Waals surface area contributed by atoms with Crippen molar-refractivity contribution >= 4 is 0 Å². The van der Waals surface area contributed by atoms with Gasteiger partial charge in [0.25, 0.3) is 0 Å². The lowest BCUT2D eigenvalue weighted by Gasteiger charge is -2.13. The third kappa shape index (κ3) is 9.92. The van der Waals surface area contributed by atoms with Crippen LogP contribution in [0.1, 0.15) is 58.8 Å². The first-order valence-electron chi connectivity index (χ1n) is 5.79. The zero-order chi connectivity index (χ0) is 10.1. The molecule has 0 aliphatic carbocycles. The van der Waals surface area contributed by atoms with Gasteiger partial charge < -0.3 is 0 Å². The molecule has 0 fully saturated rings. The topological polar surface area (TPSA) is 0 Å². The van der Waals surface area contributed by atoms with Crippen LogP contribution in [0.15, 0.2) is 0 Å². The van der Waals surface area contributed by atoms with Gasteiger partial charge in [0, 0.05) is 0 Å². The molecule has 0 spiro atoms. The van der Waals surface area contributed by atoms with Crippen LogP contribution in [0.3, 0.4) is 0 Å². The summed E-state index contributed by atoms with van der Waals surface area (Å²) in [6.45, 7) is 12.6. The highest BCUT2D eigenvalue weighted by Crippen LogP contribution is 2.17. The Kier molecular flexibility index (Phi) is 8.59. The van der Waals surface area contributed by atoms with Gasteiger partial charge in [0.2, 0.25) is 0 Å². The lowest BCUT2D eigenvalue weighted by Crippen LogP contribution is -2.00. The summed E-state index contributed by atoms with van der Waals surface area (Å²) in [6.07, 6.45) is 9.09. The van der Waals surface area contributed by atoms with Crippen molar-refractivity contribution in [1.29, 1.82) is 0 Å². The normalized spacial score (nSPS) is 13.6. The van der Waals surface area contributed by atoms with E-state index in [4.69, 9.17) is 0 Å². The molecule has 0 aliphatic heterocycles. The molecule has 0 aromatic carbocycles. The van der Waals surface area contributed by atoms with Crippen LogP contribution in [0, 0.1) is 25.7 Å². The minimum atomic E-state index is 0.680. The van der Waals surface area contributed by atoms with E-state index in [0.717, 1.165) is 12.3 Å². The van der Waals surface area contributed by atoms with E-state index < -0.39 is 0 Å². The molecule has 1 atom stereocenters. The van der Waals surface area contributed by atoms with Gasteiger partial charge in [-0.05, 0) is 18.3 Å². The molecule has 78 valence electrons. The molecule has 0 saturated heterocycles. The third-order valence-corrected chi connectivity index (χ3v) is 2.42. The number of hydrogen-bond donors (Lipinski definition) is 0. The summed E-state index contributed by atoms with van der Waals surface area (Å²) in [7, 11) is 0. The molecule has 0 saturated carbocycles. The van der Waals surface area contributed by atoms with Gasteiger partial charge >= 0.3 is 0 Å². The minimum Gasteiger partial charge on any atom is -0.0628 e. The van der Waals surface area contributed by atoms with Crippen LogP contribution in [0.25, 0.3) is 0 Å². The SMILES string of the molecule is [CH2]CCCCCCC([CH2])CC(C)C. The predicted octanol–water partition coefficient (Wildman–Crippen LogP) is 4.66. The van der Waals surface area contributed by atoms with Crippen LogP contribution < -0.4 is 0 Å². The molecule has 0 aromatic heterocycles. The fourth-order valence-corrected chi connectivity index (χ4v) is 1.75. The lowest BCUT2D eigenvalue weighted by atomic mass is 9.93. The van der Waals surface area contributed by atoms with Gasteiger partial charge in [-0.1, -0.05) is 66.2 Å². The first-order chi connectivity index (χ1) is 6.16. The van der Waals surface area contributed by atoms with E-state index in [1.807, 2.05) is 0 Å². The van der Waals surface area contributed by atoms with Gasteiger partial charge in [-0.15, -0.1) is 0 Å². The van der Waals surface area contributed by atoms with E-state index in [1.54, 1.807) is 0 Å². The summed E-state index contributed by atoms with van der Waals surface area (Å²) < 4.78 is 0. The van der Waals surface area contributed by atoms with Gasteiger partial charge in [0.15, 0.2) is 0 Å². The highest BCUT2D eigenvalue weighted by atomic mass is 14.1. The molecule has 0 N–H and O–H groups in total. The van der Waals surface area contributed by atoms with E-state index in [1.165, 1.54) is 38.5 Å². The number of rotatable bonds is 8. The van der Waals surface area contributed by atoms with Crippen molar-refractivity contribution in [1.82, 2.24) is 0 Å². The van der Waals surface area contributed by atoms with Crippen molar-refractivity contribution in [3.63, 3.8) is 0 Å². The molecule has 0 aliphatic rings. The van der Waals surface area contributed by atoms with Crippen molar-refractivity contribution in [2.24, 2.45) is 11.8 Å². The van der Waals surface area contributed by atoms with Crippen LogP contribution in [-0.2, 0) is 0 Å². The highest BCUT2D eigenvalue weighted by Gasteiger charge is 2.04. The van der Waals surface area contributed by atoms with Gasteiger partial charge in [-0.25, -0.2) is 0 Å². The van der Waals surface area contributed by atoms with Gasteiger partial charge in [0.05, 0.1) is 0 Å². The summed E-state index contributed by atoms with van der Waals surface area (Å²) in [6, 6.07) is 0. The summed E-state index contributed by atoms with van der Waals surface area (Å²) in [5.41, 5.74) is 0. The van der Waals surface area contributed by atoms with Crippen molar-refractivity contribution in [3.8, 4) is 0 Å². The van der Waals surface area contributed by atoms with Gasteiger partial charge in [-0.2, -0.15) is 0 Å². The Bertz CT molecular complexity index is 94.2. The minimum absolute atomic E-state index is 0.680. The average Bonchev–Trinajstić information content (AvgIpc) is 2.02. The highest BCUT2D eigenvalue weighted by molar-refractivity contribution is 4.63. The van der Waals surface area contributed by atoms with E-state index in [0.29, 0.717) is 5.92 Å². The Balaban J connectivity index is 3.12. The molecule has 0 nitrogen and oxygen atoms in total. The third-order valence-electron chi connectivity index (χ3n) is 2.42. The largest absolute Gasteiger partial charge is 0.0628 e. The van der Waals surface area contributed by atoms with E-state index >= 15 is 0 Å².